The highest BCUT2D eigenvalue weighted by molar-refractivity contribution is 7.89. The van der Waals surface area contributed by atoms with Gasteiger partial charge >= 0.3 is 0 Å². The molecule has 0 saturated carbocycles. The Morgan fingerprint density at radius 1 is 0.762 bits per heavy atom. The van der Waals surface area contributed by atoms with Gasteiger partial charge in [0.05, 0.1) is 11.5 Å². The van der Waals surface area contributed by atoms with E-state index in [1.165, 1.54) is 0 Å². The first kappa shape index (κ1) is 15.8. The van der Waals surface area contributed by atoms with Crippen LogP contribution in [0.1, 0.15) is 33.4 Å². The fourth-order valence-electron chi connectivity index (χ4n) is 2.65. The standard InChI is InChI=1S/C18H22O2S/c1-13-5-6-16(4)18(10-13)12-21(19,20)11-17-8-14(2)7-15(3)9-17/h5-10H,11-12H2,1-4H3. The van der Waals surface area contributed by atoms with Gasteiger partial charge in [-0.05, 0) is 44.4 Å². The third-order valence-corrected chi connectivity index (χ3v) is 5.07. The van der Waals surface area contributed by atoms with E-state index in [4.69, 9.17) is 0 Å². The van der Waals surface area contributed by atoms with Gasteiger partial charge in [0.15, 0.2) is 9.84 Å². The zero-order valence-corrected chi connectivity index (χ0v) is 13.9. The topological polar surface area (TPSA) is 34.1 Å². The van der Waals surface area contributed by atoms with Crippen LogP contribution in [0.3, 0.4) is 0 Å². The molecule has 0 aromatic heterocycles. The summed E-state index contributed by atoms with van der Waals surface area (Å²) in [5.74, 6) is 0.205. The minimum atomic E-state index is -3.16. The van der Waals surface area contributed by atoms with Crippen LogP contribution < -0.4 is 0 Å². The summed E-state index contributed by atoms with van der Waals surface area (Å²) < 4.78 is 24.9. The molecule has 0 atom stereocenters. The van der Waals surface area contributed by atoms with Gasteiger partial charge in [-0.3, -0.25) is 0 Å². The normalized spacial score (nSPS) is 11.6. The maximum Gasteiger partial charge on any atom is 0.158 e. The lowest BCUT2D eigenvalue weighted by molar-refractivity contribution is 0.594. The summed E-state index contributed by atoms with van der Waals surface area (Å²) in [6, 6.07) is 11.9. The van der Waals surface area contributed by atoms with Crippen LogP contribution in [0.5, 0.6) is 0 Å². The van der Waals surface area contributed by atoms with Gasteiger partial charge in [0, 0.05) is 0 Å². The van der Waals surface area contributed by atoms with E-state index < -0.39 is 9.84 Å². The fourth-order valence-corrected chi connectivity index (χ4v) is 4.21. The Morgan fingerprint density at radius 2 is 1.38 bits per heavy atom. The quantitative estimate of drug-likeness (QED) is 0.854. The average molecular weight is 302 g/mol. The van der Waals surface area contributed by atoms with Crippen LogP contribution in [0.4, 0.5) is 0 Å². The predicted octanol–water partition coefficient (Wildman–Crippen LogP) is 4.04. The highest BCUT2D eigenvalue weighted by Crippen LogP contribution is 2.18. The molecule has 21 heavy (non-hydrogen) atoms. The molecule has 0 N–H and O–H groups in total. The third-order valence-electron chi connectivity index (χ3n) is 3.55. The van der Waals surface area contributed by atoms with Crippen LogP contribution in [-0.4, -0.2) is 8.42 Å². The third kappa shape index (κ3) is 4.43. The zero-order valence-electron chi connectivity index (χ0n) is 13.1. The smallest absolute Gasteiger partial charge is 0.158 e. The number of rotatable bonds is 4. The monoisotopic (exact) mass is 302 g/mol. The largest absolute Gasteiger partial charge is 0.228 e. The summed E-state index contributed by atoms with van der Waals surface area (Å²) in [6.45, 7) is 7.93. The molecule has 0 amide bonds. The van der Waals surface area contributed by atoms with Gasteiger partial charge in [-0.15, -0.1) is 0 Å². The Kier molecular flexibility index (Phi) is 4.52. The zero-order chi connectivity index (χ0) is 15.6. The second-order valence-corrected chi connectivity index (χ2v) is 8.02. The van der Waals surface area contributed by atoms with E-state index in [-0.39, 0.29) is 11.5 Å². The summed E-state index contributed by atoms with van der Waals surface area (Å²) in [5.41, 5.74) is 6.11. The molecule has 0 aliphatic rings. The van der Waals surface area contributed by atoms with E-state index >= 15 is 0 Å². The van der Waals surface area contributed by atoms with Gasteiger partial charge in [-0.1, -0.05) is 53.1 Å². The van der Waals surface area contributed by atoms with Gasteiger partial charge < -0.3 is 0 Å². The van der Waals surface area contributed by atoms with Gasteiger partial charge in [-0.2, -0.15) is 0 Å². The predicted molar refractivity (Wildman–Crippen MR) is 88.2 cm³/mol. The highest BCUT2D eigenvalue weighted by Gasteiger charge is 2.15. The lowest BCUT2D eigenvalue weighted by Crippen LogP contribution is -2.09. The molecular weight excluding hydrogens is 280 g/mol. The minimum absolute atomic E-state index is 0.100. The molecule has 0 heterocycles. The Labute approximate surface area is 127 Å². The van der Waals surface area contributed by atoms with Crippen LogP contribution >= 0.6 is 0 Å². The van der Waals surface area contributed by atoms with Crippen molar-refractivity contribution in [1.82, 2.24) is 0 Å². The lowest BCUT2D eigenvalue weighted by Gasteiger charge is -2.10. The molecule has 0 aliphatic carbocycles. The van der Waals surface area contributed by atoms with Crippen LogP contribution in [0.2, 0.25) is 0 Å². The van der Waals surface area contributed by atoms with Crippen molar-refractivity contribution >= 4 is 9.84 Å². The van der Waals surface area contributed by atoms with Crippen molar-refractivity contribution in [2.45, 2.75) is 39.2 Å². The van der Waals surface area contributed by atoms with Crippen molar-refractivity contribution < 1.29 is 8.42 Å². The fraction of sp³-hybridized carbons (Fsp3) is 0.333. The molecule has 0 spiro atoms. The van der Waals surface area contributed by atoms with Crippen molar-refractivity contribution in [2.24, 2.45) is 0 Å². The number of hydrogen-bond acceptors (Lipinski definition) is 2. The van der Waals surface area contributed by atoms with Crippen LogP contribution in [0, 0.1) is 27.7 Å². The Bertz CT molecular complexity index is 739. The van der Waals surface area contributed by atoms with E-state index in [1.807, 2.05) is 58.0 Å². The molecule has 2 rings (SSSR count). The van der Waals surface area contributed by atoms with Crippen molar-refractivity contribution in [3.8, 4) is 0 Å². The summed E-state index contributed by atoms with van der Waals surface area (Å²) in [4.78, 5) is 0. The van der Waals surface area contributed by atoms with Gasteiger partial charge in [0.25, 0.3) is 0 Å². The molecule has 0 unspecified atom stereocenters. The maximum absolute atomic E-state index is 12.5. The van der Waals surface area contributed by atoms with Crippen molar-refractivity contribution in [1.29, 1.82) is 0 Å². The number of benzene rings is 2. The van der Waals surface area contributed by atoms with Crippen molar-refractivity contribution in [3.05, 3.63) is 69.8 Å². The van der Waals surface area contributed by atoms with Crippen LogP contribution in [0.15, 0.2) is 36.4 Å². The summed E-state index contributed by atoms with van der Waals surface area (Å²) in [6.07, 6.45) is 0. The Morgan fingerprint density at radius 3 is 2.00 bits per heavy atom. The van der Waals surface area contributed by atoms with Crippen LogP contribution in [0.25, 0.3) is 0 Å². The first-order valence-electron chi connectivity index (χ1n) is 7.09. The molecule has 0 fully saturated rings. The van der Waals surface area contributed by atoms with E-state index in [9.17, 15) is 8.42 Å². The van der Waals surface area contributed by atoms with Crippen molar-refractivity contribution in [3.63, 3.8) is 0 Å². The molecule has 2 nitrogen and oxygen atoms in total. The molecule has 0 saturated heterocycles. The van der Waals surface area contributed by atoms with E-state index in [2.05, 4.69) is 6.07 Å². The highest BCUT2D eigenvalue weighted by atomic mass is 32.2. The average Bonchev–Trinajstić information content (AvgIpc) is 2.31. The van der Waals surface area contributed by atoms with Gasteiger partial charge in [0.1, 0.15) is 0 Å². The molecule has 2 aromatic rings. The molecule has 112 valence electrons. The second-order valence-electron chi connectivity index (χ2n) is 5.96. The number of hydrogen-bond donors (Lipinski definition) is 0. The second kappa shape index (κ2) is 6.02. The van der Waals surface area contributed by atoms with E-state index in [0.29, 0.717) is 0 Å². The van der Waals surface area contributed by atoms with Gasteiger partial charge in [-0.25, -0.2) is 8.42 Å². The molecule has 3 heteroatoms. The summed E-state index contributed by atoms with van der Waals surface area (Å²) >= 11 is 0. The number of aryl methyl sites for hydroxylation is 4. The molecule has 2 aromatic carbocycles. The van der Waals surface area contributed by atoms with E-state index in [0.717, 1.165) is 33.4 Å². The Hall–Kier alpha value is -1.61. The molecular formula is C18H22O2S. The number of sulfone groups is 1. The molecule has 0 radical (unpaired) electrons. The maximum atomic E-state index is 12.5. The van der Waals surface area contributed by atoms with E-state index in [1.54, 1.807) is 0 Å². The minimum Gasteiger partial charge on any atom is -0.228 e. The Balaban J connectivity index is 2.24. The van der Waals surface area contributed by atoms with Gasteiger partial charge in [0.2, 0.25) is 0 Å². The van der Waals surface area contributed by atoms with Crippen LogP contribution in [-0.2, 0) is 21.3 Å². The first-order valence-corrected chi connectivity index (χ1v) is 8.91. The SMILES string of the molecule is Cc1cc(C)cc(CS(=O)(=O)Cc2cc(C)ccc2C)c1. The lowest BCUT2D eigenvalue weighted by atomic mass is 10.1. The molecule has 0 aliphatic heterocycles. The summed E-state index contributed by atoms with van der Waals surface area (Å²) in [5, 5.41) is 0. The summed E-state index contributed by atoms with van der Waals surface area (Å²) in [7, 11) is -3.16. The van der Waals surface area contributed by atoms with Crippen molar-refractivity contribution in [2.75, 3.05) is 0 Å². The molecule has 0 bridgehead atoms. The first-order chi connectivity index (χ1) is 9.75.